The van der Waals surface area contributed by atoms with Crippen molar-refractivity contribution in [1.82, 2.24) is 14.6 Å². The lowest BCUT2D eigenvalue weighted by Crippen LogP contribution is -2.61. The van der Waals surface area contributed by atoms with Crippen LogP contribution in [-0.2, 0) is 0 Å². The lowest BCUT2D eigenvalue weighted by atomic mass is 9.34. The second kappa shape index (κ2) is 4.52. The summed E-state index contributed by atoms with van der Waals surface area (Å²) in [5, 5.41) is 8.26. The minimum absolute atomic E-state index is 0.314. The second-order valence-corrected chi connectivity index (χ2v) is 10.2. The van der Waals surface area contributed by atoms with E-state index in [1.54, 1.807) is 17.5 Å². The van der Waals surface area contributed by atoms with Crippen molar-refractivity contribution in [3.63, 3.8) is 0 Å². The lowest BCUT2D eigenvalue weighted by molar-refractivity contribution is -0.104. The largest absolute Gasteiger partial charge is 0.493 e. The average Bonchev–Trinajstić information content (AvgIpc) is 3.28. The molecule has 2 atom stereocenters. The van der Waals surface area contributed by atoms with Crippen molar-refractivity contribution in [2.75, 3.05) is 6.61 Å². The van der Waals surface area contributed by atoms with Crippen LogP contribution in [0, 0.1) is 16.2 Å². The maximum absolute atomic E-state index is 6.58. The molecule has 136 valence electrons. The normalized spacial score (nSPS) is 38.0. The molecule has 2 heterocycles. The molecule has 0 aromatic carbocycles. The number of rotatable bonds is 4. The van der Waals surface area contributed by atoms with Crippen LogP contribution in [0.4, 0.5) is 0 Å². The molecule has 0 radical (unpaired) electrons. The summed E-state index contributed by atoms with van der Waals surface area (Å²) in [6, 6.07) is 2.10. The highest BCUT2D eigenvalue weighted by Crippen LogP contribution is 2.76. The van der Waals surface area contributed by atoms with Gasteiger partial charge < -0.3 is 4.74 Å². The highest BCUT2D eigenvalue weighted by atomic mass is 16.5. The number of hydrogen-bond donors (Lipinski definition) is 0. The van der Waals surface area contributed by atoms with Crippen LogP contribution in [0.25, 0.3) is 5.65 Å². The Morgan fingerprint density at radius 1 is 1.19 bits per heavy atom. The Hall–Kier alpha value is -1.84. The molecule has 0 amide bonds. The molecule has 4 saturated carbocycles. The maximum Gasteiger partial charge on any atom is 0.164 e. The molecule has 4 bridgehead atoms. The van der Waals surface area contributed by atoms with E-state index in [0.717, 1.165) is 18.0 Å². The standard InChI is InChI=1S/C22H27N3O/c1-14-7-22(10-20(2)9-21(3,11-22)19(14)20)12-26-17-6-18-24-23-13-25(18)8-16(17)15-4-5-15/h6,8,13,15H,4-5,7,9-12H2,1-3H3. The van der Waals surface area contributed by atoms with E-state index in [1.165, 1.54) is 44.1 Å². The highest BCUT2D eigenvalue weighted by Gasteiger charge is 2.66. The fraction of sp³-hybridized carbons (Fsp3) is 0.636. The average molecular weight is 349 g/mol. The highest BCUT2D eigenvalue weighted by molar-refractivity contribution is 5.50. The molecule has 0 N–H and O–H groups in total. The van der Waals surface area contributed by atoms with Crippen LogP contribution in [0.5, 0.6) is 5.75 Å². The van der Waals surface area contributed by atoms with Gasteiger partial charge in [-0.25, -0.2) is 0 Å². The van der Waals surface area contributed by atoms with Crippen LogP contribution in [-0.4, -0.2) is 21.2 Å². The van der Waals surface area contributed by atoms with Crippen LogP contribution in [0.15, 0.2) is 29.7 Å². The minimum atomic E-state index is 0.314. The van der Waals surface area contributed by atoms with Gasteiger partial charge in [0, 0.05) is 23.2 Å². The van der Waals surface area contributed by atoms with Crippen molar-refractivity contribution >= 4 is 5.65 Å². The first-order chi connectivity index (χ1) is 12.4. The summed E-state index contributed by atoms with van der Waals surface area (Å²) in [6.07, 6.45) is 11.7. The molecule has 4 nitrogen and oxygen atoms in total. The van der Waals surface area contributed by atoms with Gasteiger partial charge in [0.15, 0.2) is 5.65 Å². The van der Waals surface area contributed by atoms with Crippen LogP contribution >= 0.6 is 0 Å². The SMILES string of the molecule is CC1=C2C3(C)CC(COc4cc5nncn5cc4C4CC4)(C1)CC2(C)C3. The maximum atomic E-state index is 6.58. The molecule has 2 unspecified atom stereocenters. The number of ether oxygens (including phenoxy) is 1. The van der Waals surface area contributed by atoms with Crippen molar-refractivity contribution < 1.29 is 4.74 Å². The molecule has 4 fully saturated rings. The van der Waals surface area contributed by atoms with Gasteiger partial charge in [-0.1, -0.05) is 25.0 Å². The molecule has 4 heteroatoms. The summed E-state index contributed by atoms with van der Waals surface area (Å²) in [7, 11) is 0. The Labute approximate surface area is 154 Å². The van der Waals surface area contributed by atoms with Crippen molar-refractivity contribution in [3.8, 4) is 5.75 Å². The third-order valence-electron chi connectivity index (χ3n) is 7.56. The number of hydrogen-bond acceptors (Lipinski definition) is 3. The number of nitrogens with zero attached hydrogens (tertiary/aromatic N) is 3. The molecule has 0 saturated heterocycles. The first-order valence-corrected chi connectivity index (χ1v) is 10.1. The van der Waals surface area contributed by atoms with Gasteiger partial charge in [-0.15, -0.1) is 10.2 Å². The predicted octanol–water partition coefficient (Wildman–Crippen LogP) is 4.90. The topological polar surface area (TPSA) is 39.4 Å². The molecule has 8 rings (SSSR count). The minimum Gasteiger partial charge on any atom is -0.493 e. The Morgan fingerprint density at radius 2 is 1.96 bits per heavy atom. The fourth-order valence-corrected chi connectivity index (χ4v) is 7.56. The van der Waals surface area contributed by atoms with Crippen LogP contribution in [0.3, 0.4) is 0 Å². The summed E-state index contributed by atoms with van der Waals surface area (Å²) in [6.45, 7) is 8.18. The van der Waals surface area contributed by atoms with Gasteiger partial charge >= 0.3 is 0 Å². The van der Waals surface area contributed by atoms with E-state index in [1.807, 2.05) is 4.40 Å². The van der Waals surface area contributed by atoms with Gasteiger partial charge in [0.25, 0.3) is 0 Å². The zero-order valence-electron chi connectivity index (χ0n) is 16.0. The summed E-state index contributed by atoms with van der Waals surface area (Å²) >= 11 is 0. The summed E-state index contributed by atoms with van der Waals surface area (Å²) < 4.78 is 8.60. The molecular formula is C22H27N3O. The van der Waals surface area contributed by atoms with Crippen molar-refractivity contribution in [2.45, 2.75) is 65.2 Å². The van der Waals surface area contributed by atoms with E-state index in [4.69, 9.17) is 4.74 Å². The molecule has 0 spiro atoms. The van der Waals surface area contributed by atoms with Crippen molar-refractivity contribution in [1.29, 1.82) is 0 Å². The molecule has 26 heavy (non-hydrogen) atoms. The van der Waals surface area contributed by atoms with E-state index in [-0.39, 0.29) is 0 Å². The zero-order chi connectivity index (χ0) is 17.7. The molecule has 2 aromatic heterocycles. The number of fused-ring (bicyclic) bond motifs is 2. The van der Waals surface area contributed by atoms with Gasteiger partial charge in [-0.2, -0.15) is 0 Å². The predicted molar refractivity (Wildman–Crippen MR) is 100 cm³/mol. The molecule has 0 aliphatic heterocycles. The summed E-state index contributed by atoms with van der Waals surface area (Å²) in [5.74, 6) is 1.70. The van der Waals surface area contributed by atoms with Gasteiger partial charge in [-0.05, 0) is 62.2 Å². The van der Waals surface area contributed by atoms with Crippen LogP contribution < -0.4 is 4.74 Å². The molecule has 2 aromatic rings. The first kappa shape index (κ1) is 15.2. The lowest BCUT2D eigenvalue weighted by Gasteiger charge is -2.70. The van der Waals surface area contributed by atoms with Crippen LogP contribution in [0.2, 0.25) is 0 Å². The van der Waals surface area contributed by atoms with Gasteiger partial charge in [-0.3, -0.25) is 4.40 Å². The second-order valence-electron chi connectivity index (χ2n) is 10.2. The smallest absolute Gasteiger partial charge is 0.164 e. The van der Waals surface area contributed by atoms with Gasteiger partial charge in [0.2, 0.25) is 0 Å². The number of pyridine rings is 1. The number of allylic oxidation sites excluding steroid dienone is 2. The van der Waals surface area contributed by atoms with Crippen molar-refractivity contribution in [3.05, 3.63) is 35.3 Å². The van der Waals surface area contributed by atoms with E-state index in [9.17, 15) is 0 Å². The Bertz CT molecular complexity index is 949. The molecular weight excluding hydrogens is 322 g/mol. The van der Waals surface area contributed by atoms with E-state index < -0.39 is 0 Å². The van der Waals surface area contributed by atoms with E-state index in [2.05, 4.69) is 43.2 Å². The number of aromatic nitrogens is 3. The van der Waals surface area contributed by atoms with E-state index >= 15 is 0 Å². The first-order valence-electron chi connectivity index (χ1n) is 10.1. The quantitative estimate of drug-likeness (QED) is 0.737. The van der Waals surface area contributed by atoms with Gasteiger partial charge in [0.05, 0.1) is 6.61 Å². The monoisotopic (exact) mass is 349 g/mol. The molecule has 6 aliphatic carbocycles. The Balaban J connectivity index is 1.33. The van der Waals surface area contributed by atoms with Crippen molar-refractivity contribution in [2.24, 2.45) is 16.2 Å². The Morgan fingerprint density at radius 3 is 2.65 bits per heavy atom. The Kier molecular flexibility index (Phi) is 2.65. The summed E-state index contributed by atoms with van der Waals surface area (Å²) in [4.78, 5) is 0. The fourth-order valence-electron chi connectivity index (χ4n) is 7.56. The third-order valence-corrected chi connectivity index (χ3v) is 7.56. The summed E-state index contributed by atoms with van der Waals surface area (Å²) in [5.41, 5.74) is 6.86. The van der Waals surface area contributed by atoms with Crippen LogP contribution in [0.1, 0.15) is 70.8 Å². The molecule has 6 aliphatic rings. The third kappa shape index (κ3) is 1.91. The van der Waals surface area contributed by atoms with E-state index in [0.29, 0.717) is 22.2 Å². The zero-order valence-corrected chi connectivity index (χ0v) is 16.0. The van der Waals surface area contributed by atoms with Gasteiger partial charge in [0.1, 0.15) is 12.1 Å².